The van der Waals surface area contributed by atoms with E-state index in [1.54, 1.807) is 41.1 Å². The lowest BCUT2D eigenvalue weighted by Crippen LogP contribution is -2.18. The van der Waals surface area contributed by atoms with Crippen molar-refractivity contribution in [3.8, 4) is 10.7 Å². The number of rotatable bonds is 4. The first-order chi connectivity index (χ1) is 10.7. The highest BCUT2D eigenvalue weighted by atomic mass is 32.2. The zero-order chi connectivity index (χ0) is 15.5. The number of amides is 1. The van der Waals surface area contributed by atoms with Crippen molar-refractivity contribution in [2.24, 2.45) is 7.05 Å². The highest BCUT2D eigenvalue weighted by Crippen LogP contribution is 2.30. The maximum absolute atomic E-state index is 11.3. The first-order valence-electron chi connectivity index (χ1n) is 6.34. The summed E-state index contributed by atoms with van der Waals surface area (Å²) in [5.41, 5.74) is 2.00. The van der Waals surface area contributed by atoms with E-state index < -0.39 is 5.91 Å². The van der Waals surface area contributed by atoms with Gasteiger partial charge in [0.25, 0.3) is 5.91 Å². The van der Waals surface area contributed by atoms with Crippen LogP contribution in [0.3, 0.4) is 0 Å². The molecule has 0 aliphatic heterocycles. The number of hydrogen-bond donors (Lipinski definition) is 2. The monoisotopic (exact) mass is 332 g/mol. The summed E-state index contributed by atoms with van der Waals surface area (Å²) >= 11 is 3.08. The molecule has 1 amide bonds. The molecule has 0 bridgehead atoms. The molecule has 22 heavy (non-hydrogen) atoms. The number of nitrogens with zero attached hydrogens (tertiary/aromatic N) is 3. The van der Waals surface area contributed by atoms with Crippen molar-refractivity contribution in [2.75, 3.05) is 0 Å². The predicted octanol–water partition coefficient (Wildman–Crippen LogP) is 2.81. The third-order valence-corrected chi connectivity index (χ3v) is 4.92. The van der Waals surface area contributed by atoms with Crippen LogP contribution in [0, 0.1) is 0 Å². The Labute approximate surface area is 134 Å². The summed E-state index contributed by atoms with van der Waals surface area (Å²) in [7, 11) is 1.92. The number of nitrogens with one attached hydrogen (secondary N) is 1. The molecule has 0 radical (unpaired) electrons. The maximum atomic E-state index is 11.3. The fraction of sp³-hybridized carbons (Fsp3) is 0.0714. The molecule has 1 aromatic carbocycles. The fourth-order valence-electron chi connectivity index (χ4n) is 1.87. The van der Waals surface area contributed by atoms with E-state index in [9.17, 15) is 4.79 Å². The Morgan fingerprint density at radius 2 is 2.05 bits per heavy atom. The van der Waals surface area contributed by atoms with E-state index in [0.717, 1.165) is 20.8 Å². The molecule has 2 N–H and O–H groups in total. The van der Waals surface area contributed by atoms with Crippen LogP contribution in [0.2, 0.25) is 0 Å². The van der Waals surface area contributed by atoms with E-state index in [-0.39, 0.29) is 0 Å². The first-order valence-corrected chi connectivity index (χ1v) is 8.04. The topological polar surface area (TPSA) is 80.0 Å². The van der Waals surface area contributed by atoms with Gasteiger partial charge in [-0.25, -0.2) is 5.48 Å². The molecule has 2 heterocycles. The van der Waals surface area contributed by atoms with Gasteiger partial charge in [0, 0.05) is 17.5 Å². The lowest BCUT2D eigenvalue weighted by Gasteiger charge is -2.03. The number of hydrogen-bond acceptors (Lipinski definition) is 6. The summed E-state index contributed by atoms with van der Waals surface area (Å²) in [5.74, 6) is 0.295. The molecule has 0 unspecified atom stereocenters. The Kier molecular flexibility index (Phi) is 4.23. The summed E-state index contributed by atoms with van der Waals surface area (Å²) in [6, 6.07) is 10.9. The van der Waals surface area contributed by atoms with Crippen LogP contribution in [-0.2, 0) is 7.05 Å². The summed E-state index contributed by atoms with van der Waals surface area (Å²) in [4.78, 5) is 13.3. The zero-order valence-electron chi connectivity index (χ0n) is 11.6. The lowest BCUT2D eigenvalue weighted by atomic mass is 10.2. The number of hydroxylamine groups is 1. The van der Waals surface area contributed by atoms with Crippen LogP contribution >= 0.6 is 23.1 Å². The van der Waals surface area contributed by atoms with Gasteiger partial charge in [0.15, 0.2) is 11.0 Å². The molecule has 0 aliphatic rings. The Hall–Kier alpha value is -2.16. The smallest absolute Gasteiger partial charge is 0.274 e. The molecule has 3 aromatic rings. The molecule has 0 aliphatic carbocycles. The van der Waals surface area contributed by atoms with Crippen molar-refractivity contribution in [1.29, 1.82) is 0 Å². The number of thiophene rings is 1. The van der Waals surface area contributed by atoms with E-state index in [0.29, 0.717) is 5.56 Å². The van der Waals surface area contributed by atoms with Gasteiger partial charge in [-0.05, 0) is 47.5 Å². The van der Waals surface area contributed by atoms with Crippen LogP contribution in [0.5, 0.6) is 0 Å². The standard InChI is InChI=1S/C14H12N4O2S2/c1-18-12(11-3-2-8-21-11)15-16-14(18)22-10-6-4-9(5-7-10)13(19)17-20/h2-8,20H,1H3,(H,17,19). The minimum atomic E-state index is -0.532. The highest BCUT2D eigenvalue weighted by molar-refractivity contribution is 7.99. The normalized spacial score (nSPS) is 10.6. The Morgan fingerprint density at radius 1 is 1.27 bits per heavy atom. The van der Waals surface area contributed by atoms with E-state index in [1.807, 2.05) is 29.1 Å². The summed E-state index contributed by atoms with van der Waals surface area (Å²) < 4.78 is 1.94. The molecule has 0 atom stereocenters. The SMILES string of the molecule is Cn1c(Sc2ccc(C(=O)NO)cc2)nnc1-c1cccs1. The van der Waals surface area contributed by atoms with Gasteiger partial charge in [-0.1, -0.05) is 6.07 Å². The van der Waals surface area contributed by atoms with E-state index in [2.05, 4.69) is 10.2 Å². The average Bonchev–Trinajstić information content (AvgIpc) is 3.18. The fourth-order valence-corrected chi connectivity index (χ4v) is 3.40. The predicted molar refractivity (Wildman–Crippen MR) is 84.1 cm³/mol. The van der Waals surface area contributed by atoms with Gasteiger partial charge >= 0.3 is 0 Å². The second-order valence-electron chi connectivity index (χ2n) is 4.41. The van der Waals surface area contributed by atoms with Gasteiger partial charge in [-0.15, -0.1) is 21.5 Å². The van der Waals surface area contributed by atoms with E-state index >= 15 is 0 Å². The summed E-state index contributed by atoms with van der Waals surface area (Å²) in [6.45, 7) is 0. The molecule has 0 spiro atoms. The minimum Gasteiger partial charge on any atom is -0.304 e. The average molecular weight is 332 g/mol. The summed E-state index contributed by atoms with van der Waals surface area (Å²) in [5, 5.41) is 19.8. The number of benzene rings is 1. The quantitative estimate of drug-likeness (QED) is 0.567. The molecule has 3 rings (SSSR count). The second-order valence-corrected chi connectivity index (χ2v) is 6.40. The van der Waals surface area contributed by atoms with Crippen molar-refractivity contribution in [3.63, 3.8) is 0 Å². The van der Waals surface area contributed by atoms with Crippen LogP contribution in [0.15, 0.2) is 51.8 Å². The first kappa shape index (κ1) is 14.8. The van der Waals surface area contributed by atoms with Crippen LogP contribution in [0.1, 0.15) is 10.4 Å². The van der Waals surface area contributed by atoms with Crippen molar-refractivity contribution in [2.45, 2.75) is 10.1 Å². The Bertz CT molecular complexity index is 782. The van der Waals surface area contributed by atoms with Gasteiger partial charge in [-0.2, -0.15) is 0 Å². The maximum Gasteiger partial charge on any atom is 0.274 e. The van der Waals surface area contributed by atoms with Crippen molar-refractivity contribution in [1.82, 2.24) is 20.2 Å². The lowest BCUT2D eigenvalue weighted by molar-refractivity contribution is 0.0706. The van der Waals surface area contributed by atoms with Gasteiger partial charge in [-0.3, -0.25) is 10.0 Å². The minimum absolute atomic E-state index is 0.393. The molecule has 0 saturated heterocycles. The van der Waals surface area contributed by atoms with Crippen molar-refractivity contribution < 1.29 is 10.0 Å². The zero-order valence-corrected chi connectivity index (χ0v) is 13.2. The molecule has 0 saturated carbocycles. The molecule has 2 aromatic heterocycles. The molecule has 8 heteroatoms. The highest BCUT2D eigenvalue weighted by Gasteiger charge is 2.13. The number of aromatic nitrogens is 3. The number of carbonyl (C=O) groups excluding carboxylic acids is 1. The van der Waals surface area contributed by atoms with Gasteiger partial charge in [0.1, 0.15) is 0 Å². The van der Waals surface area contributed by atoms with Gasteiger partial charge in [0.2, 0.25) is 0 Å². The molecule has 112 valence electrons. The van der Waals surface area contributed by atoms with Gasteiger partial charge < -0.3 is 4.57 Å². The Balaban J connectivity index is 1.80. The largest absolute Gasteiger partial charge is 0.304 e. The molecule has 6 nitrogen and oxygen atoms in total. The molecular weight excluding hydrogens is 320 g/mol. The van der Waals surface area contributed by atoms with E-state index in [1.165, 1.54) is 11.8 Å². The van der Waals surface area contributed by atoms with Crippen LogP contribution in [-0.4, -0.2) is 25.9 Å². The summed E-state index contributed by atoms with van der Waals surface area (Å²) in [6.07, 6.45) is 0. The van der Waals surface area contributed by atoms with Crippen LogP contribution in [0.4, 0.5) is 0 Å². The Morgan fingerprint density at radius 3 is 2.68 bits per heavy atom. The molecule has 0 fully saturated rings. The van der Waals surface area contributed by atoms with Crippen LogP contribution < -0.4 is 5.48 Å². The van der Waals surface area contributed by atoms with Gasteiger partial charge in [0.05, 0.1) is 4.88 Å². The molecular formula is C14H12N4O2S2. The van der Waals surface area contributed by atoms with Crippen molar-refractivity contribution >= 4 is 29.0 Å². The third-order valence-electron chi connectivity index (χ3n) is 3.00. The van der Waals surface area contributed by atoms with Crippen LogP contribution in [0.25, 0.3) is 10.7 Å². The number of carbonyl (C=O) groups is 1. The second kappa shape index (κ2) is 6.30. The van der Waals surface area contributed by atoms with Crippen molar-refractivity contribution in [3.05, 3.63) is 47.3 Å². The third kappa shape index (κ3) is 2.89. The van der Waals surface area contributed by atoms with E-state index in [4.69, 9.17) is 5.21 Å².